The minimum atomic E-state index is -2.74. The Morgan fingerprint density at radius 3 is 2.12 bits per heavy atom. The van der Waals surface area contributed by atoms with Gasteiger partial charge in [0, 0.05) is 68.4 Å². The third-order valence-corrected chi connectivity index (χ3v) is 16.5. The van der Waals surface area contributed by atoms with Crippen LogP contribution in [-0.2, 0) is 9.47 Å². The minimum absolute atomic E-state index is 0.000900. The van der Waals surface area contributed by atoms with Gasteiger partial charge in [0.15, 0.2) is 17.2 Å². The summed E-state index contributed by atoms with van der Waals surface area (Å²) in [5, 5.41) is 16.3. The van der Waals surface area contributed by atoms with Crippen molar-refractivity contribution in [3.63, 3.8) is 0 Å². The maximum atomic E-state index is 17.5. The molecule has 0 spiro atoms. The number of nitrogens with zero attached hydrogens (tertiary/aromatic N) is 2. The molecule has 0 unspecified atom stereocenters. The quantitative estimate of drug-likeness (QED) is 0.0582. The van der Waals surface area contributed by atoms with Crippen molar-refractivity contribution in [2.24, 2.45) is 0 Å². The number of halogens is 4. The highest BCUT2D eigenvalue weighted by molar-refractivity contribution is 7.01. The molecule has 8 nitrogen and oxygen atoms in total. The molecule has 0 saturated heterocycles. The zero-order valence-corrected chi connectivity index (χ0v) is 38.3. The first-order valence-corrected chi connectivity index (χ1v) is 24.3. The second-order valence-electron chi connectivity index (χ2n) is 17.9. The number of likely N-dealkylation sites (N-methyl/N-ethyl adjacent to an activating group) is 2. The lowest BCUT2D eigenvalue weighted by Gasteiger charge is -2.43. The Balaban J connectivity index is 1.52. The number of amides is 1. The van der Waals surface area contributed by atoms with E-state index in [0.717, 1.165) is 69.4 Å². The summed E-state index contributed by atoms with van der Waals surface area (Å²) in [4.78, 5) is 28.9. The summed E-state index contributed by atoms with van der Waals surface area (Å²) in [7, 11) is 1.29. The van der Waals surface area contributed by atoms with Crippen molar-refractivity contribution in [3.05, 3.63) is 97.8 Å². The molecule has 0 bridgehead atoms. The van der Waals surface area contributed by atoms with Crippen molar-refractivity contribution in [3.8, 4) is 0 Å². The van der Waals surface area contributed by atoms with E-state index in [4.69, 9.17) is 21.1 Å². The highest BCUT2D eigenvalue weighted by Gasteiger charge is 2.43. The molecule has 3 aliphatic rings. The first-order chi connectivity index (χ1) is 28.2. The van der Waals surface area contributed by atoms with E-state index in [0.29, 0.717) is 29.9 Å². The van der Waals surface area contributed by atoms with E-state index >= 15 is 13.2 Å². The van der Waals surface area contributed by atoms with Gasteiger partial charge in [0.1, 0.15) is 32.1 Å². The van der Waals surface area contributed by atoms with Gasteiger partial charge in [0.25, 0.3) is 5.91 Å². The number of carboxylic acid groups (broad SMARTS) is 1. The van der Waals surface area contributed by atoms with Crippen LogP contribution in [0.3, 0.4) is 0 Å². The van der Waals surface area contributed by atoms with E-state index < -0.39 is 54.1 Å². The van der Waals surface area contributed by atoms with Crippen molar-refractivity contribution in [1.82, 2.24) is 9.89 Å². The molecular weight excluding hydrogens is 807 g/mol. The lowest BCUT2D eigenvalue weighted by atomic mass is 9.84. The molecular formula is C47H58ClF3N3O5Si+. The number of alkyl halides is 1. The maximum absolute atomic E-state index is 17.5. The molecule has 0 radical (unpaired) electrons. The largest absolute Gasteiger partial charge is 0.478 e. The number of carboxylic acids is 1. The van der Waals surface area contributed by atoms with Crippen LogP contribution in [0.25, 0.3) is 16.7 Å². The number of nitrogens with one attached hydrogen (secondary N) is 1. The van der Waals surface area contributed by atoms with Gasteiger partial charge in [-0.25, -0.2) is 22.5 Å². The Morgan fingerprint density at radius 2 is 1.45 bits per heavy atom. The summed E-state index contributed by atoms with van der Waals surface area (Å²) < 4.78 is 63.2. The number of hydrogen-bond donors (Lipinski definition) is 2. The smallest absolute Gasteiger partial charge is 0.339 e. The summed E-state index contributed by atoms with van der Waals surface area (Å²) >= 11 is 5.71. The predicted octanol–water partition coefficient (Wildman–Crippen LogP) is 6.70. The molecule has 1 amide bonds. The topological polar surface area (TPSA) is 91.1 Å². The maximum Gasteiger partial charge on any atom is 0.339 e. The molecule has 60 heavy (non-hydrogen) atoms. The van der Waals surface area contributed by atoms with Crippen LogP contribution in [0.4, 0.5) is 18.9 Å². The van der Waals surface area contributed by atoms with Gasteiger partial charge in [-0.3, -0.25) is 4.79 Å². The van der Waals surface area contributed by atoms with Crippen molar-refractivity contribution >= 4 is 64.3 Å². The fraction of sp³-hybridized carbons (Fsp3) is 0.468. The number of carbonyl (C=O) groups is 2. The molecule has 3 aromatic rings. The summed E-state index contributed by atoms with van der Waals surface area (Å²) in [5.41, 5.74) is 1.48. The van der Waals surface area contributed by atoms with Crippen LogP contribution in [0.2, 0.25) is 13.1 Å². The molecule has 3 heterocycles. The first-order valence-electron chi connectivity index (χ1n) is 20.7. The number of carbonyl (C=O) groups excluding carboxylic acids is 1. The molecule has 322 valence electrons. The summed E-state index contributed by atoms with van der Waals surface area (Å²) in [6.07, 6.45) is 8.20. The van der Waals surface area contributed by atoms with Crippen LogP contribution in [-0.4, -0.2) is 89.1 Å². The highest BCUT2D eigenvalue weighted by Crippen LogP contribution is 2.42. The highest BCUT2D eigenvalue weighted by atomic mass is 35.5. The van der Waals surface area contributed by atoms with Gasteiger partial charge in [-0.15, -0.1) is 11.6 Å². The van der Waals surface area contributed by atoms with Gasteiger partial charge in [-0.2, -0.15) is 0 Å². The van der Waals surface area contributed by atoms with Crippen LogP contribution in [0.5, 0.6) is 0 Å². The number of hydrogen-bond acceptors (Lipinski definition) is 5. The SMILES string of the molecule is CC1=CC(C)(C)N(C)c2cc3c(cc21)C(c1c(F)c(C(=O)NCCOCCOCCCCCCCl)c(F)c(F)c1C(=O)O)=c1cc2c(cc1[Si]3(C)C)=[N+](C)C(C)(C)C=C2C. The molecule has 0 aromatic heterocycles. The second-order valence-corrected chi connectivity index (χ2v) is 22.6. The number of allylic oxidation sites excluding steroid dienone is 2. The van der Waals surface area contributed by atoms with E-state index in [-0.39, 0.29) is 36.4 Å². The van der Waals surface area contributed by atoms with Gasteiger partial charge in [-0.05, 0) is 103 Å². The average molecular weight is 866 g/mol. The molecule has 0 aliphatic carbocycles. The molecule has 6 rings (SSSR count). The summed E-state index contributed by atoms with van der Waals surface area (Å²) in [5.74, 6) is -7.59. The Morgan fingerprint density at radius 1 is 0.817 bits per heavy atom. The van der Waals surface area contributed by atoms with Gasteiger partial charge < -0.3 is 24.8 Å². The second kappa shape index (κ2) is 17.3. The first kappa shape index (κ1) is 45.3. The van der Waals surface area contributed by atoms with Crippen molar-refractivity contribution in [2.45, 2.75) is 91.4 Å². The zero-order valence-electron chi connectivity index (χ0n) is 36.5. The fourth-order valence-corrected chi connectivity index (χ4v) is 12.2. The van der Waals surface area contributed by atoms with E-state index in [1.165, 1.54) is 0 Å². The van der Waals surface area contributed by atoms with Gasteiger partial charge in [0.2, 0.25) is 5.36 Å². The molecule has 0 fully saturated rings. The van der Waals surface area contributed by atoms with Gasteiger partial charge >= 0.3 is 5.97 Å². The lowest BCUT2D eigenvalue weighted by molar-refractivity contribution is 0.0468. The molecule has 0 saturated carbocycles. The van der Waals surface area contributed by atoms with Crippen LogP contribution in [0.15, 0.2) is 36.4 Å². The van der Waals surface area contributed by atoms with Crippen LogP contribution < -0.4 is 35.7 Å². The van der Waals surface area contributed by atoms with Crippen LogP contribution in [0.1, 0.15) is 110 Å². The number of benzene rings is 3. The van der Waals surface area contributed by atoms with Gasteiger partial charge in [0.05, 0.1) is 25.4 Å². The Hall–Kier alpha value is -4.23. The number of anilines is 1. The summed E-state index contributed by atoms with van der Waals surface area (Å²) in [6, 6.07) is 8.08. The van der Waals surface area contributed by atoms with Crippen molar-refractivity contribution in [1.29, 1.82) is 0 Å². The number of rotatable bonds is 15. The standard InChI is InChI=1S/C47H57ClF3N3O5Si/c1-27-25-46(3,4)53(7)33-23-35-31(21-29(27)33)37(32-22-30-28(2)26-47(5,6)54(8)34(30)24-36(32)60(35,9)10)38-39(45(56)57)42(50)43(51)40(41(38)49)44(55)52-16-18-59-20-19-58-17-14-12-11-13-15-48/h21-26H,11-20H2,1-10H3,(H-,52,55,56,57)/p+1. The predicted molar refractivity (Wildman–Crippen MR) is 238 cm³/mol. The molecule has 2 N–H and O–H groups in total. The summed E-state index contributed by atoms with van der Waals surface area (Å²) in [6.45, 7) is 17.9. The zero-order chi connectivity index (χ0) is 44.1. The normalized spacial score (nSPS) is 17.0. The molecule has 3 aliphatic heterocycles. The number of fused-ring (bicyclic) bond motifs is 4. The van der Waals surface area contributed by atoms with Crippen molar-refractivity contribution in [2.75, 3.05) is 57.8 Å². The Bertz CT molecular complexity index is 2460. The molecule has 0 atom stereocenters. The number of unbranched alkanes of at least 4 members (excludes halogenated alkanes) is 3. The third kappa shape index (κ3) is 8.12. The Kier molecular flexibility index (Phi) is 13.0. The average Bonchev–Trinajstić information content (AvgIpc) is 3.17. The van der Waals surface area contributed by atoms with E-state index in [2.05, 4.69) is 79.9 Å². The Labute approximate surface area is 357 Å². The van der Waals surface area contributed by atoms with E-state index in [1.54, 1.807) is 0 Å². The number of aromatic carboxylic acids is 1. The molecule has 3 aromatic carbocycles. The van der Waals surface area contributed by atoms with E-state index in [1.807, 2.05) is 40.1 Å². The third-order valence-electron chi connectivity index (χ3n) is 12.7. The van der Waals surface area contributed by atoms with Crippen molar-refractivity contribution < 1.29 is 37.3 Å². The van der Waals surface area contributed by atoms with Crippen LogP contribution >= 0.6 is 11.6 Å². The van der Waals surface area contributed by atoms with Crippen LogP contribution in [0, 0.1) is 17.5 Å². The fourth-order valence-electron chi connectivity index (χ4n) is 8.99. The lowest BCUT2D eigenvalue weighted by Crippen LogP contribution is -2.65. The molecule has 13 heteroatoms. The monoisotopic (exact) mass is 864 g/mol. The van der Waals surface area contributed by atoms with Gasteiger partial charge in [-0.1, -0.05) is 32.0 Å². The number of ether oxygens (including phenoxy) is 2. The van der Waals surface area contributed by atoms with E-state index in [9.17, 15) is 14.7 Å². The minimum Gasteiger partial charge on any atom is -0.478 e.